The van der Waals surface area contributed by atoms with Gasteiger partial charge in [0, 0.05) is 11.0 Å². The number of nitrogens with one attached hydrogen (secondary N) is 1. The quantitative estimate of drug-likeness (QED) is 0.872. The molecule has 0 unspecified atom stereocenters. The van der Waals surface area contributed by atoms with E-state index in [2.05, 4.69) is 20.7 Å². The second kappa shape index (κ2) is 6.00. The summed E-state index contributed by atoms with van der Waals surface area (Å²) in [6, 6.07) is 1.73. The van der Waals surface area contributed by atoms with Gasteiger partial charge in [-0.05, 0) is 59.0 Å². The average Bonchev–Trinajstić information content (AvgIpc) is 2.76. The lowest BCUT2D eigenvalue weighted by Gasteiger charge is -2.25. The van der Waals surface area contributed by atoms with Gasteiger partial charge >= 0.3 is 0 Å². The van der Waals surface area contributed by atoms with Crippen LogP contribution in [0.5, 0.6) is 0 Å². The van der Waals surface area contributed by atoms with Crippen molar-refractivity contribution in [2.45, 2.75) is 36.0 Å². The maximum Gasteiger partial charge on any atom is 0.251 e. The molecule has 1 heterocycles. The monoisotopic (exact) mass is 353 g/mol. The minimum Gasteiger partial charge on any atom is -0.393 e. The van der Waals surface area contributed by atoms with Crippen molar-refractivity contribution < 1.29 is 13.5 Å². The van der Waals surface area contributed by atoms with Gasteiger partial charge in [-0.25, -0.2) is 13.1 Å². The first kappa shape index (κ1) is 14.5. The Balaban J connectivity index is 1.92. The minimum absolute atomic E-state index is 0.204. The predicted octanol–water partition coefficient (Wildman–Crippen LogP) is 2.34. The molecule has 1 fully saturated rings. The van der Waals surface area contributed by atoms with E-state index in [0.717, 1.165) is 25.7 Å². The summed E-state index contributed by atoms with van der Waals surface area (Å²) in [4.78, 5) is 0. The van der Waals surface area contributed by atoms with Crippen LogP contribution in [0.1, 0.15) is 25.7 Å². The molecule has 0 amide bonds. The molecule has 0 radical (unpaired) electrons. The molecule has 0 saturated heterocycles. The summed E-state index contributed by atoms with van der Waals surface area (Å²) in [7, 11) is -3.40. The van der Waals surface area contributed by atoms with Crippen LogP contribution in [0.25, 0.3) is 0 Å². The molecule has 0 aromatic carbocycles. The zero-order valence-electron chi connectivity index (χ0n) is 9.80. The summed E-state index contributed by atoms with van der Waals surface area (Å²) in [6.45, 7) is 0.458. The van der Waals surface area contributed by atoms with Gasteiger partial charge in [0.25, 0.3) is 10.0 Å². The van der Waals surface area contributed by atoms with Crippen molar-refractivity contribution in [2.24, 2.45) is 5.92 Å². The lowest BCUT2D eigenvalue weighted by atomic mass is 9.88. The highest BCUT2D eigenvalue weighted by atomic mass is 79.9. The van der Waals surface area contributed by atoms with Crippen LogP contribution in [0.4, 0.5) is 0 Å². The second-order valence-electron chi connectivity index (χ2n) is 4.58. The zero-order chi connectivity index (χ0) is 13.2. The Hall–Kier alpha value is 0.0500. The van der Waals surface area contributed by atoms with Crippen LogP contribution in [-0.2, 0) is 10.0 Å². The first-order chi connectivity index (χ1) is 8.49. The molecule has 18 heavy (non-hydrogen) atoms. The topological polar surface area (TPSA) is 66.4 Å². The highest BCUT2D eigenvalue weighted by molar-refractivity contribution is 9.10. The molecular formula is C11H16BrNO3S2. The fourth-order valence-electron chi connectivity index (χ4n) is 2.11. The van der Waals surface area contributed by atoms with Crippen LogP contribution < -0.4 is 4.72 Å². The van der Waals surface area contributed by atoms with E-state index in [9.17, 15) is 13.5 Å². The summed E-state index contributed by atoms with van der Waals surface area (Å²) in [5, 5.41) is 11.1. The van der Waals surface area contributed by atoms with Crippen LogP contribution >= 0.6 is 27.3 Å². The first-order valence-electron chi connectivity index (χ1n) is 5.90. The predicted molar refractivity (Wildman–Crippen MR) is 75.2 cm³/mol. The Morgan fingerprint density at radius 2 is 2.06 bits per heavy atom. The highest BCUT2D eigenvalue weighted by Crippen LogP contribution is 2.28. The van der Waals surface area contributed by atoms with Crippen molar-refractivity contribution in [2.75, 3.05) is 6.54 Å². The average molecular weight is 354 g/mol. The van der Waals surface area contributed by atoms with Crippen molar-refractivity contribution in [3.63, 3.8) is 0 Å². The number of hydrogen-bond acceptors (Lipinski definition) is 4. The van der Waals surface area contributed by atoms with Gasteiger partial charge in [0.15, 0.2) is 0 Å². The van der Waals surface area contributed by atoms with Crippen molar-refractivity contribution in [3.8, 4) is 0 Å². The second-order valence-corrected chi connectivity index (χ2v) is 8.32. The lowest BCUT2D eigenvalue weighted by molar-refractivity contribution is 0.110. The third-order valence-electron chi connectivity index (χ3n) is 3.21. The lowest BCUT2D eigenvalue weighted by Crippen LogP contribution is -2.31. The van der Waals surface area contributed by atoms with E-state index in [4.69, 9.17) is 0 Å². The van der Waals surface area contributed by atoms with E-state index in [1.54, 1.807) is 11.4 Å². The number of sulfonamides is 1. The van der Waals surface area contributed by atoms with E-state index < -0.39 is 10.0 Å². The molecule has 1 saturated carbocycles. The van der Waals surface area contributed by atoms with E-state index in [1.165, 1.54) is 11.3 Å². The Morgan fingerprint density at radius 1 is 1.39 bits per heavy atom. The molecule has 1 aromatic heterocycles. The van der Waals surface area contributed by atoms with Crippen LogP contribution in [-0.4, -0.2) is 26.2 Å². The summed E-state index contributed by atoms with van der Waals surface area (Å²) >= 11 is 4.44. The SMILES string of the molecule is O=S(=O)(NCC1CCC(O)CC1)c1sccc1Br. The molecule has 1 aromatic rings. The number of rotatable bonds is 4. The summed E-state index contributed by atoms with van der Waals surface area (Å²) < 4.78 is 27.7. The van der Waals surface area contributed by atoms with Gasteiger partial charge in [0.2, 0.25) is 0 Å². The van der Waals surface area contributed by atoms with E-state index in [0.29, 0.717) is 21.1 Å². The Labute approximate surface area is 120 Å². The van der Waals surface area contributed by atoms with Gasteiger partial charge in [-0.15, -0.1) is 11.3 Å². The Morgan fingerprint density at radius 3 is 2.61 bits per heavy atom. The fourth-order valence-corrected chi connectivity index (χ4v) is 5.61. The van der Waals surface area contributed by atoms with Crippen LogP contribution in [0.3, 0.4) is 0 Å². The van der Waals surface area contributed by atoms with Crippen molar-refractivity contribution in [3.05, 3.63) is 15.9 Å². The molecule has 102 valence electrons. The molecule has 1 aliphatic rings. The molecule has 2 rings (SSSR count). The molecule has 4 nitrogen and oxygen atoms in total. The molecular weight excluding hydrogens is 338 g/mol. The standard InChI is InChI=1S/C11H16BrNO3S2/c12-10-5-6-17-11(10)18(15,16)13-7-8-1-3-9(14)4-2-8/h5-6,8-9,13-14H,1-4,7H2. The molecule has 7 heteroatoms. The van der Waals surface area contributed by atoms with Gasteiger partial charge in [-0.1, -0.05) is 0 Å². The number of aliphatic hydroxyl groups is 1. The van der Waals surface area contributed by atoms with Gasteiger partial charge < -0.3 is 5.11 Å². The van der Waals surface area contributed by atoms with E-state index in [-0.39, 0.29) is 6.10 Å². The van der Waals surface area contributed by atoms with Gasteiger partial charge in [0.05, 0.1) is 6.10 Å². The smallest absolute Gasteiger partial charge is 0.251 e. The molecule has 0 aliphatic heterocycles. The van der Waals surface area contributed by atoms with E-state index in [1.807, 2.05) is 0 Å². The van der Waals surface area contributed by atoms with Crippen LogP contribution in [0.15, 0.2) is 20.1 Å². The number of halogens is 1. The van der Waals surface area contributed by atoms with Gasteiger partial charge in [-0.2, -0.15) is 0 Å². The fraction of sp³-hybridized carbons (Fsp3) is 0.636. The minimum atomic E-state index is -3.40. The third-order valence-corrected chi connectivity index (χ3v) is 7.30. The number of thiophene rings is 1. The maximum atomic E-state index is 12.0. The third kappa shape index (κ3) is 3.54. The summed E-state index contributed by atoms with van der Waals surface area (Å²) in [5.41, 5.74) is 0. The summed E-state index contributed by atoms with van der Waals surface area (Å²) in [6.07, 6.45) is 3.11. The molecule has 0 bridgehead atoms. The maximum absolute atomic E-state index is 12.0. The molecule has 0 spiro atoms. The molecule has 1 aliphatic carbocycles. The molecule has 0 atom stereocenters. The molecule has 2 N–H and O–H groups in total. The zero-order valence-corrected chi connectivity index (χ0v) is 13.0. The van der Waals surface area contributed by atoms with Crippen molar-refractivity contribution >= 4 is 37.3 Å². The summed E-state index contributed by atoms with van der Waals surface area (Å²) in [5.74, 6) is 0.335. The first-order valence-corrected chi connectivity index (χ1v) is 9.05. The van der Waals surface area contributed by atoms with Crippen LogP contribution in [0, 0.1) is 5.92 Å². The van der Waals surface area contributed by atoms with Crippen LogP contribution in [0.2, 0.25) is 0 Å². The van der Waals surface area contributed by atoms with E-state index >= 15 is 0 Å². The van der Waals surface area contributed by atoms with Gasteiger partial charge in [0.1, 0.15) is 4.21 Å². The number of hydrogen-bond donors (Lipinski definition) is 2. The largest absolute Gasteiger partial charge is 0.393 e. The Kier molecular flexibility index (Phi) is 4.82. The highest BCUT2D eigenvalue weighted by Gasteiger charge is 2.23. The number of aliphatic hydroxyl groups excluding tert-OH is 1. The van der Waals surface area contributed by atoms with Crippen molar-refractivity contribution in [1.82, 2.24) is 4.72 Å². The van der Waals surface area contributed by atoms with Crippen molar-refractivity contribution in [1.29, 1.82) is 0 Å². The normalized spacial score (nSPS) is 25.2. The van der Waals surface area contributed by atoms with Gasteiger partial charge in [-0.3, -0.25) is 0 Å². The Bertz CT molecular complexity index is 492.